The molecule has 0 aromatic rings. The highest BCUT2D eigenvalue weighted by molar-refractivity contribution is 5.82. The molecule has 2 aliphatic heterocycles. The number of nitrogens with one attached hydrogen (secondary N) is 2. The molecule has 2 N–H and O–H groups in total. The summed E-state index contributed by atoms with van der Waals surface area (Å²) >= 11 is 0. The van der Waals surface area contributed by atoms with Gasteiger partial charge in [0.05, 0.1) is 5.60 Å². The standard InChI is InChI=1S/C16H30N2O2/c1-15(2)10-13(7-9-20-15)18-14(19)16(3,4)12-6-5-8-17-11-12/h12-13,17H,5-11H2,1-4H3,(H,18,19). The van der Waals surface area contributed by atoms with E-state index in [4.69, 9.17) is 4.74 Å². The van der Waals surface area contributed by atoms with Crippen LogP contribution < -0.4 is 10.6 Å². The molecule has 2 fully saturated rings. The fourth-order valence-corrected chi connectivity index (χ4v) is 3.38. The molecule has 0 aromatic carbocycles. The van der Waals surface area contributed by atoms with E-state index in [2.05, 4.69) is 38.3 Å². The number of piperidine rings is 1. The third kappa shape index (κ3) is 3.73. The van der Waals surface area contributed by atoms with Gasteiger partial charge in [-0.15, -0.1) is 0 Å². The highest BCUT2D eigenvalue weighted by Crippen LogP contribution is 2.33. The van der Waals surface area contributed by atoms with E-state index in [1.165, 1.54) is 6.42 Å². The Morgan fingerprint density at radius 2 is 2.10 bits per heavy atom. The molecule has 20 heavy (non-hydrogen) atoms. The van der Waals surface area contributed by atoms with Gasteiger partial charge in [-0.3, -0.25) is 4.79 Å². The molecule has 2 heterocycles. The van der Waals surface area contributed by atoms with Gasteiger partial charge in [0.2, 0.25) is 5.91 Å². The number of rotatable bonds is 3. The monoisotopic (exact) mass is 282 g/mol. The first-order valence-corrected chi connectivity index (χ1v) is 7.97. The lowest BCUT2D eigenvalue weighted by Gasteiger charge is -2.40. The molecule has 2 unspecified atom stereocenters. The summed E-state index contributed by atoms with van der Waals surface area (Å²) in [4.78, 5) is 12.7. The number of hydrogen-bond donors (Lipinski definition) is 2. The number of amides is 1. The summed E-state index contributed by atoms with van der Waals surface area (Å²) in [5.74, 6) is 0.637. The number of hydrogen-bond acceptors (Lipinski definition) is 3. The average molecular weight is 282 g/mol. The van der Waals surface area contributed by atoms with E-state index in [-0.39, 0.29) is 23.0 Å². The Bertz CT molecular complexity index is 346. The lowest BCUT2D eigenvalue weighted by molar-refractivity contribution is -0.135. The maximum absolute atomic E-state index is 12.7. The fraction of sp³-hybridized carbons (Fsp3) is 0.938. The topological polar surface area (TPSA) is 50.4 Å². The zero-order valence-electron chi connectivity index (χ0n) is 13.4. The van der Waals surface area contributed by atoms with Gasteiger partial charge in [-0.25, -0.2) is 0 Å². The van der Waals surface area contributed by atoms with Crippen molar-refractivity contribution in [1.29, 1.82) is 0 Å². The molecule has 1 amide bonds. The second kappa shape index (κ2) is 6.02. The molecule has 2 rings (SSSR count). The van der Waals surface area contributed by atoms with Gasteiger partial charge >= 0.3 is 0 Å². The molecular weight excluding hydrogens is 252 g/mol. The van der Waals surface area contributed by atoms with Gasteiger partial charge in [-0.2, -0.15) is 0 Å². The first-order chi connectivity index (χ1) is 9.31. The van der Waals surface area contributed by atoms with Crippen LogP contribution in [-0.4, -0.2) is 37.2 Å². The first-order valence-electron chi connectivity index (χ1n) is 7.97. The predicted octanol–water partition coefficient (Wildman–Crippen LogP) is 2.09. The van der Waals surface area contributed by atoms with Crippen molar-refractivity contribution in [3.8, 4) is 0 Å². The second-order valence-electron chi connectivity index (χ2n) is 7.54. The van der Waals surface area contributed by atoms with Crippen molar-refractivity contribution >= 4 is 5.91 Å². The van der Waals surface area contributed by atoms with Gasteiger partial charge in [0, 0.05) is 18.1 Å². The summed E-state index contributed by atoms with van der Waals surface area (Å²) < 4.78 is 5.72. The molecule has 4 nitrogen and oxygen atoms in total. The van der Waals surface area contributed by atoms with Crippen LogP contribution in [-0.2, 0) is 9.53 Å². The lowest BCUT2D eigenvalue weighted by atomic mass is 9.74. The van der Waals surface area contributed by atoms with E-state index in [1.54, 1.807) is 0 Å². The van der Waals surface area contributed by atoms with Crippen molar-refractivity contribution in [2.75, 3.05) is 19.7 Å². The molecule has 0 bridgehead atoms. The van der Waals surface area contributed by atoms with Crippen molar-refractivity contribution in [2.24, 2.45) is 11.3 Å². The van der Waals surface area contributed by atoms with Crippen LogP contribution in [0.2, 0.25) is 0 Å². The van der Waals surface area contributed by atoms with Gasteiger partial charge in [-0.1, -0.05) is 13.8 Å². The minimum absolute atomic E-state index is 0.118. The van der Waals surface area contributed by atoms with E-state index >= 15 is 0 Å². The zero-order chi connectivity index (χ0) is 14.8. The average Bonchev–Trinajstić information content (AvgIpc) is 2.38. The smallest absolute Gasteiger partial charge is 0.226 e. The second-order valence-corrected chi connectivity index (χ2v) is 7.54. The number of carbonyl (C=O) groups is 1. The Morgan fingerprint density at radius 1 is 1.35 bits per heavy atom. The third-order valence-electron chi connectivity index (χ3n) is 4.94. The van der Waals surface area contributed by atoms with Crippen LogP contribution in [0.15, 0.2) is 0 Å². The van der Waals surface area contributed by atoms with Gasteiger partial charge in [0.15, 0.2) is 0 Å². The van der Waals surface area contributed by atoms with Gasteiger partial charge < -0.3 is 15.4 Å². The van der Waals surface area contributed by atoms with Crippen molar-refractivity contribution in [3.05, 3.63) is 0 Å². The van der Waals surface area contributed by atoms with Crippen LogP contribution in [0, 0.1) is 11.3 Å². The Balaban J connectivity index is 1.92. The third-order valence-corrected chi connectivity index (χ3v) is 4.94. The predicted molar refractivity (Wildman–Crippen MR) is 80.6 cm³/mol. The Kier molecular flexibility index (Phi) is 4.75. The van der Waals surface area contributed by atoms with Crippen LogP contribution in [0.3, 0.4) is 0 Å². The molecule has 116 valence electrons. The molecule has 2 aliphatic rings. The number of carbonyl (C=O) groups excluding carboxylic acids is 1. The molecule has 0 saturated carbocycles. The summed E-state index contributed by atoms with van der Waals surface area (Å²) in [6.07, 6.45) is 4.14. The lowest BCUT2D eigenvalue weighted by Crippen LogP contribution is -2.52. The normalized spacial score (nSPS) is 30.8. The van der Waals surface area contributed by atoms with Crippen LogP contribution in [0.5, 0.6) is 0 Å². The minimum atomic E-state index is -0.296. The zero-order valence-corrected chi connectivity index (χ0v) is 13.4. The molecule has 0 aliphatic carbocycles. The summed E-state index contributed by atoms with van der Waals surface area (Å²) in [6, 6.07) is 0.252. The maximum Gasteiger partial charge on any atom is 0.226 e. The van der Waals surface area contributed by atoms with Crippen LogP contribution in [0.4, 0.5) is 0 Å². The molecule has 2 atom stereocenters. The van der Waals surface area contributed by atoms with Crippen LogP contribution in [0.1, 0.15) is 53.4 Å². The van der Waals surface area contributed by atoms with E-state index in [0.717, 1.165) is 39.0 Å². The summed E-state index contributed by atoms with van der Waals surface area (Å²) in [7, 11) is 0. The van der Waals surface area contributed by atoms with E-state index in [0.29, 0.717) is 5.92 Å². The van der Waals surface area contributed by atoms with E-state index in [1.807, 2.05) is 0 Å². The van der Waals surface area contributed by atoms with Crippen LogP contribution >= 0.6 is 0 Å². The highest BCUT2D eigenvalue weighted by Gasteiger charge is 2.39. The van der Waals surface area contributed by atoms with Crippen molar-refractivity contribution < 1.29 is 9.53 Å². The molecule has 0 aromatic heterocycles. The van der Waals surface area contributed by atoms with Gasteiger partial charge in [0.25, 0.3) is 0 Å². The first kappa shape index (κ1) is 15.8. The Morgan fingerprint density at radius 3 is 2.70 bits per heavy atom. The van der Waals surface area contributed by atoms with E-state index in [9.17, 15) is 4.79 Å². The Hall–Kier alpha value is -0.610. The maximum atomic E-state index is 12.7. The Labute approximate surface area is 123 Å². The van der Waals surface area contributed by atoms with Crippen molar-refractivity contribution in [1.82, 2.24) is 10.6 Å². The molecular formula is C16H30N2O2. The van der Waals surface area contributed by atoms with Crippen LogP contribution in [0.25, 0.3) is 0 Å². The van der Waals surface area contributed by atoms with Gasteiger partial charge in [0.1, 0.15) is 0 Å². The molecule has 2 saturated heterocycles. The van der Waals surface area contributed by atoms with E-state index < -0.39 is 0 Å². The minimum Gasteiger partial charge on any atom is -0.375 e. The highest BCUT2D eigenvalue weighted by atomic mass is 16.5. The molecule has 4 heteroatoms. The quantitative estimate of drug-likeness (QED) is 0.833. The molecule has 0 spiro atoms. The van der Waals surface area contributed by atoms with Crippen molar-refractivity contribution in [3.63, 3.8) is 0 Å². The fourth-order valence-electron chi connectivity index (χ4n) is 3.38. The van der Waals surface area contributed by atoms with Gasteiger partial charge in [-0.05, 0) is 58.5 Å². The van der Waals surface area contributed by atoms with Crippen molar-refractivity contribution in [2.45, 2.75) is 65.0 Å². The number of ether oxygens (including phenoxy) is 1. The molecule has 0 radical (unpaired) electrons. The SMILES string of the molecule is CC1(C)CC(NC(=O)C(C)(C)C2CCCNC2)CCO1. The largest absolute Gasteiger partial charge is 0.375 e. The summed E-state index contributed by atoms with van der Waals surface area (Å²) in [6.45, 7) is 11.2. The summed E-state index contributed by atoms with van der Waals surface area (Å²) in [5.41, 5.74) is -0.414. The summed E-state index contributed by atoms with van der Waals surface area (Å²) in [5, 5.41) is 6.68.